The van der Waals surface area contributed by atoms with Crippen LogP contribution >= 0.6 is 9.69 Å². The zero-order valence-corrected chi connectivity index (χ0v) is 8.69. The Morgan fingerprint density at radius 1 is 1.11 bits per heavy atom. The van der Waals surface area contributed by atoms with Gasteiger partial charge in [0.2, 0.25) is 0 Å². The SMILES string of the molecule is [Cl][Zn+].[NH-]c1ccccc1. The maximum Gasteiger partial charge on any atom is -0.0624 e. The van der Waals surface area contributed by atoms with E-state index < -0.39 is 0 Å². The first kappa shape index (κ1) is 8.93. The normalized spacial score (nSPS) is 7.44. The van der Waals surface area contributed by atoms with Crippen LogP contribution in [0, 0.1) is 0 Å². The third-order valence-electron chi connectivity index (χ3n) is 0.774. The van der Waals surface area contributed by atoms with E-state index in [4.69, 9.17) is 15.4 Å². The molecule has 9 heavy (non-hydrogen) atoms. The Morgan fingerprint density at radius 2 is 1.56 bits per heavy atom. The Hall–Kier alpha value is -0.0666. The second-order valence-corrected chi connectivity index (χ2v) is 1.37. The Kier molecular flexibility index (Phi) is 6.01. The average Bonchev–Trinajstić information content (AvgIpc) is 1.94. The van der Waals surface area contributed by atoms with Gasteiger partial charge < -0.3 is 5.73 Å². The van der Waals surface area contributed by atoms with Crippen molar-refractivity contribution in [3.63, 3.8) is 0 Å². The van der Waals surface area contributed by atoms with Crippen LogP contribution in [0.3, 0.4) is 0 Å². The predicted octanol–water partition coefficient (Wildman–Crippen LogP) is 3.06. The van der Waals surface area contributed by atoms with Crippen LogP contribution in [-0.4, -0.2) is 0 Å². The quantitative estimate of drug-likeness (QED) is 0.565. The molecule has 1 aromatic rings. The maximum absolute atomic E-state index is 7.00. The van der Waals surface area contributed by atoms with Crippen LogP contribution in [0.2, 0.25) is 0 Å². The van der Waals surface area contributed by atoms with Crippen molar-refractivity contribution in [2.75, 3.05) is 0 Å². The topological polar surface area (TPSA) is 23.8 Å². The van der Waals surface area contributed by atoms with Crippen molar-refractivity contribution in [1.29, 1.82) is 0 Å². The second kappa shape index (κ2) is 6.06. The minimum absolute atomic E-state index is 0.572. The summed E-state index contributed by atoms with van der Waals surface area (Å²) in [5, 5.41) is 0. The molecule has 0 fully saturated rings. The summed E-state index contributed by atoms with van der Waals surface area (Å²) in [7, 11) is 4.76. The first-order valence-corrected chi connectivity index (χ1v) is 6.33. The molecule has 0 heterocycles. The molecule has 0 radical (unpaired) electrons. The zero-order valence-electron chi connectivity index (χ0n) is 4.97. The van der Waals surface area contributed by atoms with Gasteiger partial charge >= 0.3 is 27.0 Å². The first-order chi connectivity index (χ1) is 4.39. The molecule has 0 unspecified atom stereocenters. The Bertz CT molecular complexity index is 143. The second-order valence-electron chi connectivity index (χ2n) is 1.37. The van der Waals surface area contributed by atoms with E-state index in [0.29, 0.717) is 5.69 Å². The molecular weight excluding hydrogens is 187 g/mol. The van der Waals surface area contributed by atoms with Crippen LogP contribution in [0.5, 0.6) is 0 Å². The molecule has 1 rings (SSSR count). The number of nitrogens with one attached hydrogen (secondary N) is 1. The largest absolute Gasteiger partial charge is 0.699 e. The Balaban J connectivity index is 0.000000291. The molecule has 1 aromatic carbocycles. The van der Waals surface area contributed by atoms with Crippen molar-refractivity contribution in [2.45, 2.75) is 0 Å². The van der Waals surface area contributed by atoms with Gasteiger partial charge in [-0.05, 0) is 0 Å². The van der Waals surface area contributed by atoms with E-state index in [-0.39, 0.29) is 0 Å². The van der Waals surface area contributed by atoms with Crippen molar-refractivity contribution >= 4 is 15.4 Å². The van der Waals surface area contributed by atoms with Gasteiger partial charge in [-0.3, -0.25) is 0 Å². The molecule has 1 N–H and O–H groups in total. The van der Waals surface area contributed by atoms with Crippen LogP contribution in [0.4, 0.5) is 5.69 Å². The van der Waals surface area contributed by atoms with Crippen molar-refractivity contribution in [3.8, 4) is 0 Å². The van der Waals surface area contributed by atoms with E-state index in [1.807, 2.05) is 18.2 Å². The summed E-state index contributed by atoms with van der Waals surface area (Å²) in [6, 6.07) is 9.10. The van der Waals surface area contributed by atoms with Crippen molar-refractivity contribution in [3.05, 3.63) is 36.1 Å². The molecule has 0 aliphatic heterocycles. The molecular formula is C6H6ClNZn. The van der Waals surface area contributed by atoms with Crippen LogP contribution in [0.1, 0.15) is 0 Å². The fourth-order valence-corrected chi connectivity index (χ4v) is 0.438. The van der Waals surface area contributed by atoms with E-state index in [0.717, 1.165) is 17.3 Å². The van der Waals surface area contributed by atoms with Gasteiger partial charge in [0.15, 0.2) is 0 Å². The molecule has 0 aliphatic rings. The number of rotatable bonds is 0. The van der Waals surface area contributed by atoms with Gasteiger partial charge in [0.25, 0.3) is 0 Å². The summed E-state index contributed by atoms with van der Waals surface area (Å²) in [6.45, 7) is 0. The summed E-state index contributed by atoms with van der Waals surface area (Å²) in [6.07, 6.45) is 0. The van der Waals surface area contributed by atoms with E-state index in [1.54, 1.807) is 12.1 Å². The summed E-state index contributed by atoms with van der Waals surface area (Å²) in [4.78, 5) is 0. The van der Waals surface area contributed by atoms with Crippen LogP contribution < -0.4 is 0 Å². The standard InChI is InChI=1S/C6H6N.ClH.Zn/c7-6-4-2-1-3-5-6;;/h1-5,7H;1H;/q-1;;+2/p-1. The number of hydrogen-bond donors (Lipinski definition) is 0. The summed E-state index contributed by atoms with van der Waals surface area (Å²) in [5.74, 6) is 0. The fraction of sp³-hybridized carbons (Fsp3) is 0. The van der Waals surface area contributed by atoms with Gasteiger partial charge in [0.1, 0.15) is 0 Å². The molecule has 44 valence electrons. The zero-order chi connectivity index (χ0) is 7.11. The smallest absolute Gasteiger partial charge is 0.0624 e. The molecule has 0 spiro atoms. The molecule has 0 bridgehead atoms. The van der Waals surface area contributed by atoms with Crippen LogP contribution in [-0.2, 0) is 17.3 Å². The van der Waals surface area contributed by atoms with Gasteiger partial charge in [-0.15, -0.1) is 5.69 Å². The van der Waals surface area contributed by atoms with Gasteiger partial charge in [-0.2, -0.15) is 0 Å². The Labute approximate surface area is 68.9 Å². The van der Waals surface area contributed by atoms with Crippen LogP contribution in [0.15, 0.2) is 30.3 Å². The van der Waals surface area contributed by atoms with Crippen molar-refractivity contribution in [1.82, 2.24) is 0 Å². The van der Waals surface area contributed by atoms with Crippen molar-refractivity contribution < 1.29 is 17.3 Å². The average molecular weight is 193 g/mol. The summed E-state index contributed by atoms with van der Waals surface area (Å²) < 4.78 is 0. The van der Waals surface area contributed by atoms with E-state index in [9.17, 15) is 0 Å². The molecule has 0 aromatic heterocycles. The fourth-order valence-electron chi connectivity index (χ4n) is 0.438. The molecule has 0 saturated carbocycles. The third-order valence-corrected chi connectivity index (χ3v) is 0.774. The molecule has 3 heteroatoms. The molecule has 0 atom stereocenters. The predicted molar refractivity (Wildman–Crippen MR) is 36.3 cm³/mol. The van der Waals surface area contributed by atoms with Crippen LogP contribution in [0.25, 0.3) is 5.73 Å². The number of hydrogen-bond acceptors (Lipinski definition) is 0. The minimum atomic E-state index is 0.572. The summed E-state index contributed by atoms with van der Waals surface area (Å²) >= 11 is 0.847. The van der Waals surface area contributed by atoms with Gasteiger partial charge in [-0.1, -0.05) is 30.3 Å². The minimum Gasteiger partial charge on any atom is -0.699 e. The van der Waals surface area contributed by atoms with Gasteiger partial charge in [0, 0.05) is 0 Å². The van der Waals surface area contributed by atoms with E-state index >= 15 is 0 Å². The van der Waals surface area contributed by atoms with Gasteiger partial charge in [-0.25, -0.2) is 0 Å². The first-order valence-electron chi connectivity index (χ1n) is 2.43. The molecule has 0 saturated heterocycles. The number of benzene rings is 1. The third kappa shape index (κ3) is 4.44. The molecule has 1 nitrogen and oxygen atoms in total. The molecule has 0 aliphatic carbocycles. The van der Waals surface area contributed by atoms with E-state index in [1.165, 1.54) is 0 Å². The number of halogens is 1. The summed E-state index contributed by atoms with van der Waals surface area (Å²) in [5.41, 5.74) is 7.57. The monoisotopic (exact) mass is 191 g/mol. The molecule has 0 amide bonds. The van der Waals surface area contributed by atoms with Gasteiger partial charge in [0.05, 0.1) is 0 Å². The van der Waals surface area contributed by atoms with E-state index in [2.05, 4.69) is 0 Å². The van der Waals surface area contributed by atoms with Crippen molar-refractivity contribution in [2.24, 2.45) is 0 Å². The maximum atomic E-state index is 7.00. The Morgan fingerprint density at radius 3 is 1.78 bits per heavy atom.